The van der Waals surface area contributed by atoms with Gasteiger partial charge in [-0.15, -0.1) is 0 Å². The third kappa shape index (κ3) is 3.09. The van der Waals surface area contributed by atoms with Crippen molar-refractivity contribution in [3.8, 4) is 0 Å². The molecule has 2 atom stereocenters. The van der Waals surface area contributed by atoms with Crippen LogP contribution in [0.25, 0.3) is 0 Å². The molecule has 1 aliphatic rings. The van der Waals surface area contributed by atoms with E-state index in [2.05, 4.69) is 5.32 Å². The smallest absolute Gasteiger partial charge is 0.0592 e. The van der Waals surface area contributed by atoms with Gasteiger partial charge in [-0.2, -0.15) is 0 Å². The van der Waals surface area contributed by atoms with Crippen LogP contribution < -0.4 is 5.32 Å². The quantitative estimate of drug-likeness (QED) is 0.604. The molecule has 0 amide bonds. The molecular weight excluding hydrogens is 154 g/mol. The van der Waals surface area contributed by atoms with Gasteiger partial charge < -0.3 is 15.2 Å². The number of aliphatic hydroxyl groups excluding tert-OH is 1. The molecule has 0 spiro atoms. The third-order valence-corrected chi connectivity index (χ3v) is 2.49. The van der Waals surface area contributed by atoms with E-state index in [4.69, 9.17) is 4.74 Å². The largest absolute Gasteiger partial charge is 0.393 e. The Morgan fingerprint density at radius 1 is 1.58 bits per heavy atom. The first-order chi connectivity index (χ1) is 5.84. The number of nitrogens with one attached hydrogen (secondary N) is 1. The highest BCUT2D eigenvalue weighted by atomic mass is 16.5. The van der Waals surface area contributed by atoms with Crippen molar-refractivity contribution in [3.05, 3.63) is 0 Å². The maximum absolute atomic E-state index is 9.59. The zero-order valence-electron chi connectivity index (χ0n) is 7.75. The van der Waals surface area contributed by atoms with Crippen molar-refractivity contribution >= 4 is 0 Å². The highest BCUT2D eigenvalue weighted by molar-refractivity contribution is 4.76. The Hall–Kier alpha value is -0.120. The van der Waals surface area contributed by atoms with Crippen LogP contribution in [0, 0.1) is 5.92 Å². The molecule has 3 heteroatoms. The fraction of sp³-hybridized carbons (Fsp3) is 1.00. The summed E-state index contributed by atoms with van der Waals surface area (Å²) in [6.45, 7) is 2.73. The van der Waals surface area contributed by atoms with Gasteiger partial charge in [-0.3, -0.25) is 0 Å². The molecule has 1 saturated heterocycles. The minimum atomic E-state index is -0.0943. The molecule has 0 bridgehead atoms. The lowest BCUT2D eigenvalue weighted by Crippen LogP contribution is -2.39. The summed E-state index contributed by atoms with van der Waals surface area (Å²) in [6, 6.07) is 0. The summed E-state index contributed by atoms with van der Waals surface area (Å²) in [5.41, 5.74) is 0. The van der Waals surface area contributed by atoms with E-state index in [-0.39, 0.29) is 6.10 Å². The number of ether oxygens (including phenoxy) is 1. The Balaban J connectivity index is 2.11. The van der Waals surface area contributed by atoms with Crippen molar-refractivity contribution < 1.29 is 9.84 Å². The lowest BCUT2D eigenvalue weighted by Gasteiger charge is -2.28. The van der Waals surface area contributed by atoms with Gasteiger partial charge in [-0.05, 0) is 31.7 Å². The zero-order chi connectivity index (χ0) is 8.81. The van der Waals surface area contributed by atoms with Crippen LogP contribution in [0.4, 0.5) is 0 Å². The molecule has 72 valence electrons. The highest BCUT2D eigenvalue weighted by Gasteiger charge is 2.21. The van der Waals surface area contributed by atoms with Gasteiger partial charge in [0.05, 0.1) is 6.10 Å². The van der Waals surface area contributed by atoms with Crippen LogP contribution in [0.15, 0.2) is 0 Å². The van der Waals surface area contributed by atoms with Crippen LogP contribution in [-0.4, -0.2) is 38.0 Å². The molecule has 0 saturated carbocycles. The first-order valence-corrected chi connectivity index (χ1v) is 4.72. The minimum absolute atomic E-state index is 0.0943. The van der Waals surface area contributed by atoms with Crippen LogP contribution >= 0.6 is 0 Å². The fourth-order valence-electron chi connectivity index (χ4n) is 1.69. The van der Waals surface area contributed by atoms with Gasteiger partial charge in [-0.25, -0.2) is 0 Å². The fourth-order valence-corrected chi connectivity index (χ4v) is 1.69. The summed E-state index contributed by atoms with van der Waals surface area (Å²) >= 11 is 0. The average molecular weight is 173 g/mol. The second-order valence-corrected chi connectivity index (χ2v) is 3.46. The molecule has 2 N–H and O–H groups in total. The molecule has 0 radical (unpaired) electrons. The van der Waals surface area contributed by atoms with Crippen molar-refractivity contribution in [2.45, 2.75) is 25.4 Å². The standard InChI is InChI=1S/C9H19NO2/c1-12-6-2-3-8-7-10-5-4-9(8)11/h8-11H,2-7H2,1H3. The van der Waals surface area contributed by atoms with Gasteiger partial charge in [0.1, 0.15) is 0 Å². The molecule has 1 aliphatic heterocycles. The topological polar surface area (TPSA) is 41.5 Å². The number of rotatable bonds is 4. The summed E-state index contributed by atoms with van der Waals surface area (Å²) in [7, 11) is 1.72. The number of hydrogen-bond acceptors (Lipinski definition) is 3. The monoisotopic (exact) mass is 173 g/mol. The lowest BCUT2D eigenvalue weighted by molar-refractivity contribution is 0.0682. The summed E-state index contributed by atoms with van der Waals surface area (Å²) < 4.78 is 4.97. The Kier molecular flexibility index (Phi) is 4.58. The van der Waals surface area contributed by atoms with Crippen LogP contribution in [0.3, 0.4) is 0 Å². The highest BCUT2D eigenvalue weighted by Crippen LogP contribution is 2.16. The second-order valence-electron chi connectivity index (χ2n) is 3.46. The van der Waals surface area contributed by atoms with E-state index in [1.54, 1.807) is 7.11 Å². The van der Waals surface area contributed by atoms with Gasteiger partial charge >= 0.3 is 0 Å². The third-order valence-electron chi connectivity index (χ3n) is 2.49. The average Bonchev–Trinajstić information content (AvgIpc) is 2.09. The summed E-state index contributed by atoms with van der Waals surface area (Å²) in [4.78, 5) is 0. The molecule has 12 heavy (non-hydrogen) atoms. The molecule has 0 aromatic carbocycles. The van der Waals surface area contributed by atoms with Crippen molar-refractivity contribution in [3.63, 3.8) is 0 Å². The second kappa shape index (κ2) is 5.51. The van der Waals surface area contributed by atoms with E-state index in [9.17, 15) is 5.11 Å². The van der Waals surface area contributed by atoms with Crippen molar-refractivity contribution in [2.75, 3.05) is 26.8 Å². The minimum Gasteiger partial charge on any atom is -0.393 e. The summed E-state index contributed by atoms with van der Waals surface area (Å²) in [6.07, 6.45) is 2.93. The van der Waals surface area contributed by atoms with Crippen LogP contribution in [0.5, 0.6) is 0 Å². The summed E-state index contributed by atoms with van der Waals surface area (Å²) in [5, 5.41) is 12.9. The van der Waals surface area contributed by atoms with Crippen LogP contribution in [0.2, 0.25) is 0 Å². The molecule has 0 aromatic heterocycles. The maximum Gasteiger partial charge on any atom is 0.0592 e. The molecule has 0 aromatic rings. The van der Waals surface area contributed by atoms with Crippen LogP contribution in [-0.2, 0) is 4.74 Å². The van der Waals surface area contributed by atoms with E-state index in [1.165, 1.54) is 0 Å². The van der Waals surface area contributed by atoms with Crippen molar-refractivity contribution in [1.82, 2.24) is 5.32 Å². The lowest BCUT2D eigenvalue weighted by atomic mass is 9.92. The van der Waals surface area contributed by atoms with Crippen molar-refractivity contribution in [1.29, 1.82) is 0 Å². The van der Waals surface area contributed by atoms with E-state index in [0.29, 0.717) is 5.92 Å². The van der Waals surface area contributed by atoms with Gasteiger partial charge in [0, 0.05) is 20.3 Å². The summed E-state index contributed by atoms with van der Waals surface area (Å²) in [5.74, 6) is 0.439. The van der Waals surface area contributed by atoms with E-state index >= 15 is 0 Å². The van der Waals surface area contributed by atoms with E-state index in [1.807, 2.05) is 0 Å². The number of aliphatic hydroxyl groups is 1. The normalized spacial score (nSPS) is 30.5. The molecule has 1 rings (SSSR count). The Bertz CT molecular complexity index is 119. The Morgan fingerprint density at radius 3 is 3.08 bits per heavy atom. The number of methoxy groups -OCH3 is 1. The number of piperidine rings is 1. The molecule has 1 fully saturated rings. The predicted molar refractivity (Wildman–Crippen MR) is 48.1 cm³/mol. The SMILES string of the molecule is COCCCC1CNCCC1O. The van der Waals surface area contributed by atoms with Crippen molar-refractivity contribution in [2.24, 2.45) is 5.92 Å². The predicted octanol–water partition coefficient (Wildman–Crippen LogP) is 0.383. The van der Waals surface area contributed by atoms with Gasteiger partial charge in [0.2, 0.25) is 0 Å². The molecular formula is C9H19NO2. The van der Waals surface area contributed by atoms with Gasteiger partial charge in [0.15, 0.2) is 0 Å². The van der Waals surface area contributed by atoms with Crippen LogP contribution in [0.1, 0.15) is 19.3 Å². The van der Waals surface area contributed by atoms with E-state index < -0.39 is 0 Å². The zero-order valence-corrected chi connectivity index (χ0v) is 7.75. The molecule has 3 nitrogen and oxygen atoms in total. The van der Waals surface area contributed by atoms with Gasteiger partial charge in [-0.1, -0.05) is 0 Å². The Morgan fingerprint density at radius 2 is 2.42 bits per heavy atom. The Labute approximate surface area is 74.1 Å². The molecule has 1 heterocycles. The molecule has 0 aliphatic carbocycles. The molecule has 2 unspecified atom stereocenters. The first-order valence-electron chi connectivity index (χ1n) is 4.72. The van der Waals surface area contributed by atoms with Gasteiger partial charge in [0.25, 0.3) is 0 Å². The first kappa shape index (κ1) is 9.96. The number of hydrogen-bond donors (Lipinski definition) is 2. The van der Waals surface area contributed by atoms with E-state index in [0.717, 1.165) is 39.0 Å². The maximum atomic E-state index is 9.59.